The van der Waals surface area contributed by atoms with Gasteiger partial charge in [-0.3, -0.25) is 4.79 Å². The van der Waals surface area contributed by atoms with Crippen LogP contribution in [0.5, 0.6) is 0 Å². The quantitative estimate of drug-likeness (QED) is 0.894. The van der Waals surface area contributed by atoms with Crippen molar-refractivity contribution in [3.8, 4) is 0 Å². The highest BCUT2D eigenvalue weighted by molar-refractivity contribution is 7.89. The van der Waals surface area contributed by atoms with Gasteiger partial charge >= 0.3 is 0 Å². The first-order valence-electron chi connectivity index (χ1n) is 6.94. The standard InChI is InChI=1S/C13H19N3O3S/c1-2-15-8-11(20(14,18)19)6-12(15)13(17)16-7-9-3-4-10(16)5-9/h6,8-10H,2-5,7H2,1H3,(H2,14,18,19). The lowest BCUT2D eigenvalue weighted by Gasteiger charge is -2.27. The summed E-state index contributed by atoms with van der Waals surface area (Å²) < 4.78 is 24.5. The van der Waals surface area contributed by atoms with E-state index in [2.05, 4.69) is 0 Å². The average molecular weight is 297 g/mol. The van der Waals surface area contributed by atoms with Crippen LogP contribution in [0.4, 0.5) is 0 Å². The molecule has 1 aliphatic heterocycles. The number of sulfonamides is 1. The number of carbonyl (C=O) groups is 1. The van der Waals surface area contributed by atoms with Crippen LogP contribution in [-0.2, 0) is 16.6 Å². The number of aromatic nitrogens is 1. The largest absolute Gasteiger partial charge is 0.342 e. The topological polar surface area (TPSA) is 85.4 Å². The predicted molar refractivity (Wildman–Crippen MR) is 73.6 cm³/mol. The maximum absolute atomic E-state index is 12.6. The summed E-state index contributed by atoms with van der Waals surface area (Å²) in [5.41, 5.74) is 0.420. The number of amides is 1. The summed E-state index contributed by atoms with van der Waals surface area (Å²) in [4.78, 5) is 14.5. The number of aryl methyl sites for hydroxylation is 1. The van der Waals surface area contributed by atoms with Crippen LogP contribution < -0.4 is 5.14 Å². The van der Waals surface area contributed by atoms with Crippen LogP contribution in [0.3, 0.4) is 0 Å². The van der Waals surface area contributed by atoms with Crippen LogP contribution in [0.15, 0.2) is 17.2 Å². The third-order valence-corrected chi connectivity index (χ3v) is 5.31. The Morgan fingerprint density at radius 3 is 2.70 bits per heavy atom. The number of hydrogen-bond donors (Lipinski definition) is 1. The normalized spacial score (nSPS) is 25.4. The Bertz CT molecular complexity index is 650. The van der Waals surface area contributed by atoms with Gasteiger partial charge in [-0.1, -0.05) is 0 Å². The molecule has 2 heterocycles. The molecule has 7 heteroatoms. The van der Waals surface area contributed by atoms with E-state index in [-0.39, 0.29) is 10.8 Å². The fourth-order valence-corrected chi connectivity index (χ4v) is 3.95. The van der Waals surface area contributed by atoms with E-state index >= 15 is 0 Å². The molecule has 1 aliphatic carbocycles. The number of nitrogens with zero attached hydrogens (tertiary/aromatic N) is 2. The Labute approximate surface area is 118 Å². The lowest BCUT2D eigenvalue weighted by molar-refractivity contribution is 0.0692. The second kappa shape index (κ2) is 4.60. The molecule has 2 fully saturated rings. The molecule has 2 unspecified atom stereocenters. The van der Waals surface area contributed by atoms with Gasteiger partial charge in [0.2, 0.25) is 10.0 Å². The van der Waals surface area contributed by atoms with Gasteiger partial charge in [0.25, 0.3) is 5.91 Å². The maximum atomic E-state index is 12.6. The molecule has 2 bridgehead atoms. The van der Waals surface area contributed by atoms with E-state index in [4.69, 9.17) is 5.14 Å². The second-order valence-corrected chi connectivity index (χ2v) is 7.24. The van der Waals surface area contributed by atoms with Crippen molar-refractivity contribution in [2.24, 2.45) is 11.1 Å². The van der Waals surface area contributed by atoms with Crippen molar-refractivity contribution in [1.29, 1.82) is 0 Å². The molecule has 2 N–H and O–H groups in total. The molecule has 0 spiro atoms. The molecular formula is C13H19N3O3S. The molecule has 3 rings (SSSR count). The Kier molecular flexibility index (Phi) is 3.13. The van der Waals surface area contributed by atoms with E-state index in [9.17, 15) is 13.2 Å². The van der Waals surface area contributed by atoms with E-state index in [0.29, 0.717) is 24.2 Å². The van der Waals surface area contributed by atoms with Gasteiger partial charge in [-0.05, 0) is 38.2 Å². The monoisotopic (exact) mass is 297 g/mol. The van der Waals surface area contributed by atoms with Crippen molar-refractivity contribution in [2.75, 3.05) is 6.54 Å². The zero-order chi connectivity index (χ0) is 14.5. The zero-order valence-corrected chi connectivity index (χ0v) is 12.3. The molecule has 0 aromatic carbocycles. The van der Waals surface area contributed by atoms with E-state index < -0.39 is 10.0 Å². The van der Waals surface area contributed by atoms with Crippen molar-refractivity contribution < 1.29 is 13.2 Å². The van der Waals surface area contributed by atoms with E-state index in [1.807, 2.05) is 11.8 Å². The third kappa shape index (κ3) is 2.14. The number of hydrogen-bond acceptors (Lipinski definition) is 3. The number of carbonyl (C=O) groups excluding carboxylic acids is 1. The van der Waals surface area contributed by atoms with Gasteiger partial charge in [0, 0.05) is 25.3 Å². The van der Waals surface area contributed by atoms with E-state index in [1.54, 1.807) is 4.57 Å². The first-order chi connectivity index (χ1) is 9.40. The number of likely N-dealkylation sites (tertiary alicyclic amines) is 1. The SMILES string of the molecule is CCn1cc(S(N)(=O)=O)cc1C(=O)N1CC2CCC1C2. The second-order valence-electron chi connectivity index (χ2n) is 5.68. The lowest BCUT2D eigenvalue weighted by Crippen LogP contribution is -2.38. The molecule has 20 heavy (non-hydrogen) atoms. The minimum atomic E-state index is -3.77. The van der Waals surface area contributed by atoms with Gasteiger partial charge in [-0.2, -0.15) is 0 Å². The van der Waals surface area contributed by atoms with Crippen LogP contribution in [-0.4, -0.2) is 36.4 Å². The number of fused-ring (bicyclic) bond motifs is 2. The fourth-order valence-electron chi connectivity index (χ4n) is 3.40. The highest BCUT2D eigenvalue weighted by Crippen LogP contribution is 2.38. The minimum absolute atomic E-state index is 0.00653. The smallest absolute Gasteiger partial charge is 0.270 e. The Morgan fingerprint density at radius 2 is 2.20 bits per heavy atom. The number of primary sulfonamides is 1. The van der Waals surface area contributed by atoms with Crippen molar-refractivity contribution in [3.63, 3.8) is 0 Å². The molecule has 2 aliphatic rings. The fraction of sp³-hybridized carbons (Fsp3) is 0.615. The summed E-state index contributed by atoms with van der Waals surface area (Å²) in [6, 6.07) is 1.72. The van der Waals surface area contributed by atoms with Gasteiger partial charge in [-0.25, -0.2) is 13.6 Å². The van der Waals surface area contributed by atoms with Gasteiger partial charge < -0.3 is 9.47 Å². The average Bonchev–Trinajstić information content (AvgIpc) is 3.10. The van der Waals surface area contributed by atoms with Crippen LogP contribution in [0, 0.1) is 5.92 Å². The molecule has 1 saturated carbocycles. The third-order valence-electron chi connectivity index (χ3n) is 4.43. The van der Waals surface area contributed by atoms with Crippen molar-refractivity contribution in [3.05, 3.63) is 18.0 Å². The molecule has 110 valence electrons. The van der Waals surface area contributed by atoms with Gasteiger partial charge in [0.1, 0.15) is 10.6 Å². The maximum Gasteiger partial charge on any atom is 0.270 e. The molecular weight excluding hydrogens is 278 g/mol. The molecule has 1 aromatic rings. The van der Waals surface area contributed by atoms with Crippen molar-refractivity contribution >= 4 is 15.9 Å². The first-order valence-corrected chi connectivity index (χ1v) is 8.48. The number of nitrogens with two attached hydrogens (primary N) is 1. The molecule has 1 saturated heterocycles. The Morgan fingerprint density at radius 1 is 1.45 bits per heavy atom. The first kappa shape index (κ1) is 13.6. The molecule has 1 amide bonds. The van der Waals surface area contributed by atoms with E-state index in [1.165, 1.54) is 18.7 Å². The summed E-state index contributed by atoms with van der Waals surface area (Å²) >= 11 is 0. The summed E-state index contributed by atoms with van der Waals surface area (Å²) in [6.07, 6.45) is 4.79. The van der Waals surface area contributed by atoms with Crippen molar-refractivity contribution in [2.45, 2.75) is 43.7 Å². The zero-order valence-electron chi connectivity index (χ0n) is 11.4. The summed E-state index contributed by atoms with van der Waals surface area (Å²) in [6.45, 7) is 3.21. The predicted octanol–water partition coefficient (Wildman–Crippen LogP) is 0.780. The van der Waals surface area contributed by atoms with E-state index in [0.717, 1.165) is 19.4 Å². The minimum Gasteiger partial charge on any atom is -0.342 e. The highest BCUT2D eigenvalue weighted by atomic mass is 32.2. The Balaban J connectivity index is 1.93. The number of rotatable bonds is 3. The highest BCUT2D eigenvalue weighted by Gasteiger charge is 2.41. The molecule has 2 atom stereocenters. The van der Waals surface area contributed by atoms with Gasteiger partial charge in [-0.15, -0.1) is 0 Å². The summed E-state index contributed by atoms with van der Waals surface area (Å²) in [7, 11) is -3.77. The molecule has 6 nitrogen and oxygen atoms in total. The molecule has 1 aromatic heterocycles. The summed E-state index contributed by atoms with van der Waals surface area (Å²) in [5, 5.41) is 5.14. The van der Waals surface area contributed by atoms with Crippen LogP contribution in [0.25, 0.3) is 0 Å². The van der Waals surface area contributed by atoms with Crippen LogP contribution in [0.1, 0.15) is 36.7 Å². The van der Waals surface area contributed by atoms with Crippen LogP contribution >= 0.6 is 0 Å². The lowest BCUT2D eigenvalue weighted by atomic mass is 10.1. The van der Waals surface area contributed by atoms with Gasteiger partial charge in [0.05, 0.1) is 0 Å². The number of piperidine rings is 1. The summed E-state index contributed by atoms with van der Waals surface area (Å²) in [5.74, 6) is 0.542. The Hall–Kier alpha value is -1.34. The van der Waals surface area contributed by atoms with Crippen LogP contribution in [0.2, 0.25) is 0 Å². The molecule has 0 radical (unpaired) electrons. The van der Waals surface area contributed by atoms with Crippen molar-refractivity contribution in [1.82, 2.24) is 9.47 Å². The van der Waals surface area contributed by atoms with Gasteiger partial charge in [0.15, 0.2) is 0 Å².